The number of amides is 1. The maximum absolute atomic E-state index is 12.2. The minimum absolute atomic E-state index is 0.0729. The Balaban J connectivity index is 1.96. The van der Waals surface area contributed by atoms with E-state index in [1.54, 1.807) is 4.90 Å². The van der Waals surface area contributed by atoms with Crippen LogP contribution in [0.25, 0.3) is 0 Å². The second-order valence-corrected chi connectivity index (χ2v) is 8.14. The van der Waals surface area contributed by atoms with Crippen molar-refractivity contribution in [2.45, 2.75) is 18.2 Å². The summed E-state index contributed by atoms with van der Waals surface area (Å²) in [6.45, 7) is 5.14. The quantitative estimate of drug-likeness (QED) is 0.757. The predicted octanol–water partition coefficient (Wildman–Crippen LogP) is 1.18. The summed E-state index contributed by atoms with van der Waals surface area (Å²) in [5, 5.41) is 0.158. The second kappa shape index (κ2) is 8.84. The van der Waals surface area contributed by atoms with Crippen LogP contribution in [0.15, 0.2) is 23.1 Å². The topological polar surface area (TPSA) is 78.9 Å². The molecule has 0 aromatic heterocycles. The molecule has 0 spiro atoms. The molecule has 0 aliphatic carbocycles. The molecule has 9 heteroatoms. The summed E-state index contributed by atoms with van der Waals surface area (Å²) in [7, 11) is -1.57. The first-order valence-corrected chi connectivity index (χ1v) is 10.1. The van der Waals surface area contributed by atoms with Crippen molar-refractivity contribution in [3.63, 3.8) is 0 Å². The summed E-state index contributed by atoms with van der Waals surface area (Å²) in [5.41, 5.74) is 0. The van der Waals surface area contributed by atoms with Crippen LogP contribution in [0.3, 0.4) is 0 Å². The Morgan fingerprint density at radius 2 is 1.96 bits per heavy atom. The zero-order valence-corrected chi connectivity index (χ0v) is 16.1. The van der Waals surface area contributed by atoms with Gasteiger partial charge in [-0.3, -0.25) is 4.79 Å². The highest BCUT2D eigenvalue weighted by molar-refractivity contribution is 7.89. The highest BCUT2D eigenvalue weighted by Gasteiger charge is 2.20. The Morgan fingerprint density at radius 1 is 1.28 bits per heavy atom. The van der Waals surface area contributed by atoms with Gasteiger partial charge in [-0.2, -0.15) is 0 Å². The van der Waals surface area contributed by atoms with E-state index in [4.69, 9.17) is 16.3 Å². The van der Waals surface area contributed by atoms with Crippen molar-refractivity contribution in [1.29, 1.82) is 0 Å². The number of hydrogen-bond acceptors (Lipinski definition) is 5. The number of carbonyl (C=O) groups is 1. The summed E-state index contributed by atoms with van der Waals surface area (Å²) in [6, 6.07) is 4.22. The molecule has 0 atom stereocenters. The number of nitrogens with one attached hydrogen (secondary N) is 1. The standard InChI is InChI=1S/C16H24ClN3O4S/c1-3-6-18-25(22,23)13-4-5-15(14(17)11-13)24-12-16(21)20-9-7-19(2)8-10-20/h4-5,11,18H,3,6-10,12H2,1-2H3. The van der Waals surface area contributed by atoms with Crippen LogP contribution < -0.4 is 9.46 Å². The highest BCUT2D eigenvalue weighted by atomic mass is 35.5. The molecule has 0 saturated carbocycles. The molecule has 0 unspecified atom stereocenters. The van der Waals surface area contributed by atoms with Crippen molar-refractivity contribution in [2.24, 2.45) is 0 Å². The molecule has 1 saturated heterocycles. The van der Waals surface area contributed by atoms with Crippen LogP contribution in [-0.2, 0) is 14.8 Å². The second-order valence-electron chi connectivity index (χ2n) is 5.96. The summed E-state index contributed by atoms with van der Waals surface area (Å²) in [5.74, 6) is 0.184. The zero-order chi connectivity index (χ0) is 18.4. The van der Waals surface area contributed by atoms with Gasteiger partial charge in [0.15, 0.2) is 6.61 Å². The molecule has 1 heterocycles. The van der Waals surface area contributed by atoms with Crippen molar-refractivity contribution < 1.29 is 17.9 Å². The Morgan fingerprint density at radius 3 is 2.56 bits per heavy atom. The third-order valence-electron chi connectivity index (χ3n) is 3.96. The van der Waals surface area contributed by atoms with Crippen LogP contribution in [0, 0.1) is 0 Å². The summed E-state index contributed by atoms with van der Waals surface area (Å²) in [4.78, 5) is 16.2. The maximum Gasteiger partial charge on any atom is 0.260 e. The summed E-state index contributed by atoms with van der Waals surface area (Å²) >= 11 is 6.11. The van der Waals surface area contributed by atoms with Crippen molar-refractivity contribution in [1.82, 2.24) is 14.5 Å². The monoisotopic (exact) mass is 389 g/mol. The number of hydrogen-bond donors (Lipinski definition) is 1. The molecular formula is C16H24ClN3O4S. The molecular weight excluding hydrogens is 366 g/mol. The fraction of sp³-hybridized carbons (Fsp3) is 0.562. The fourth-order valence-corrected chi connectivity index (χ4v) is 3.83. The van der Waals surface area contributed by atoms with E-state index >= 15 is 0 Å². The van der Waals surface area contributed by atoms with Gasteiger partial charge in [0.05, 0.1) is 9.92 Å². The zero-order valence-electron chi connectivity index (χ0n) is 14.5. The first-order valence-electron chi connectivity index (χ1n) is 8.22. The molecule has 1 aliphatic rings. The molecule has 1 aliphatic heterocycles. The molecule has 1 aromatic rings. The van der Waals surface area contributed by atoms with Crippen LogP contribution >= 0.6 is 11.6 Å². The van der Waals surface area contributed by atoms with Gasteiger partial charge >= 0.3 is 0 Å². The van der Waals surface area contributed by atoms with E-state index in [0.717, 1.165) is 13.1 Å². The van der Waals surface area contributed by atoms with E-state index in [9.17, 15) is 13.2 Å². The number of sulfonamides is 1. The van der Waals surface area contributed by atoms with Gasteiger partial charge in [-0.1, -0.05) is 18.5 Å². The normalized spacial score (nSPS) is 16.0. The van der Waals surface area contributed by atoms with E-state index in [1.165, 1.54) is 18.2 Å². The molecule has 2 rings (SSSR count). The van der Waals surface area contributed by atoms with Gasteiger partial charge < -0.3 is 14.5 Å². The summed E-state index contributed by atoms with van der Waals surface area (Å²) < 4.78 is 32.1. The lowest BCUT2D eigenvalue weighted by atomic mass is 10.3. The van der Waals surface area contributed by atoms with Crippen LogP contribution in [0.5, 0.6) is 5.75 Å². The van der Waals surface area contributed by atoms with Crippen molar-refractivity contribution in [3.8, 4) is 5.75 Å². The number of ether oxygens (including phenoxy) is 1. The lowest BCUT2D eigenvalue weighted by Crippen LogP contribution is -2.48. The maximum atomic E-state index is 12.2. The number of rotatable bonds is 7. The SMILES string of the molecule is CCCNS(=O)(=O)c1ccc(OCC(=O)N2CCN(C)CC2)c(Cl)c1. The molecule has 0 bridgehead atoms. The van der Waals surface area contributed by atoms with Gasteiger partial charge in [-0.25, -0.2) is 13.1 Å². The number of piperazine rings is 1. The van der Waals surface area contributed by atoms with Crippen molar-refractivity contribution >= 4 is 27.5 Å². The third kappa shape index (κ3) is 5.57. The van der Waals surface area contributed by atoms with Crippen LogP contribution in [0.1, 0.15) is 13.3 Å². The molecule has 0 radical (unpaired) electrons. The van der Waals surface area contributed by atoms with E-state index in [0.29, 0.717) is 31.8 Å². The molecule has 7 nitrogen and oxygen atoms in total. The van der Waals surface area contributed by atoms with Crippen molar-refractivity contribution in [2.75, 3.05) is 46.4 Å². The summed E-state index contributed by atoms with van der Waals surface area (Å²) in [6.07, 6.45) is 0.697. The minimum Gasteiger partial charge on any atom is -0.482 e. The third-order valence-corrected chi connectivity index (χ3v) is 5.72. The van der Waals surface area contributed by atoms with Gasteiger partial charge in [-0.15, -0.1) is 0 Å². The van der Waals surface area contributed by atoms with Crippen LogP contribution in [-0.4, -0.2) is 70.5 Å². The Bertz CT molecular complexity index is 703. The lowest BCUT2D eigenvalue weighted by molar-refractivity contribution is -0.134. The molecule has 140 valence electrons. The van der Waals surface area contributed by atoms with E-state index in [2.05, 4.69) is 9.62 Å². The lowest BCUT2D eigenvalue weighted by Gasteiger charge is -2.32. The van der Waals surface area contributed by atoms with E-state index < -0.39 is 10.0 Å². The number of benzene rings is 1. The molecule has 1 amide bonds. The van der Waals surface area contributed by atoms with Crippen LogP contribution in [0.4, 0.5) is 0 Å². The molecule has 1 fully saturated rings. The molecule has 1 N–H and O–H groups in total. The van der Waals surface area contributed by atoms with Crippen molar-refractivity contribution in [3.05, 3.63) is 23.2 Å². The first kappa shape index (κ1) is 20.0. The molecule has 1 aromatic carbocycles. The van der Waals surface area contributed by atoms with Gasteiger partial charge in [0.1, 0.15) is 5.75 Å². The Hall–Kier alpha value is -1.35. The van der Waals surface area contributed by atoms with E-state index in [1.807, 2.05) is 14.0 Å². The largest absolute Gasteiger partial charge is 0.482 e. The number of likely N-dealkylation sites (N-methyl/N-ethyl adjacent to an activating group) is 1. The van der Waals surface area contributed by atoms with E-state index in [-0.39, 0.29) is 22.4 Å². The van der Waals surface area contributed by atoms with Gasteiger partial charge in [0.2, 0.25) is 10.0 Å². The molecule has 25 heavy (non-hydrogen) atoms. The Kier molecular flexibility index (Phi) is 7.06. The minimum atomic E-state index is -3.59. The average Bonchev–Trinajstić information content (AvgIpc) is 2.59. The number of nitrogens with zero attached hydrogens (tertiary/aromatic N) is 2. The van der Waals surface area contributed by atoms with Gasteiger partial charge in [0, 0.05) is 32.7 Å². The Labute approximate surface area is 153 Å². The average molecular weight is 390 g/mol. The van der Waals surface area contributed by atoms with Gasteiger partial charge in [-0.05, 0) is 31.7 Å². The predicted molar refractivity (Wildman–Crippen MR) is 96.5 cm³/mol. The highest BCUT2D eigenvalue weighted by Crippen LogP contribution is 2.27. The first-order chi connectivity index (χ1) is 11.8. The van der Waals surface area contributed by atoms with Gasteiger partial charge in [0.25, 0.3) is 5.91 Å². The fourth-order valence-electron chi connectivity index (χ4n) is 2.37. The smallest absolute Gasteiger partial charge is 0.260 e. The number of halogens is 1. The number of carbonyl (C=O) groups excluding carboxylic acids is 1. The van der Waals surface area contributed by atoms with Crippen LogP contribution in [0.2, 0.25) is 5.02 Å².